The first-order valence-electron chi connectivity index (χ1n) is 10.6. The highest BCUT2D eigenvalue weighted by atomic mass is 16.1. The van der Waals surface area contributed by atoms with Crippen molar-refractivity contribution in [3.8, 4) is 16.9 Å². The zero-order chi connectivity index (χ0) is 22.1. The Kier molecular flexibility index (Phi) is 5.18. The van der Waals surface area contributed by atoms with Crippen LogP contribution in [0.3, 0.4) is 0 Å². The lowest BCUT2D eigenvalue weighted by molar-refractivity contribution is 0.0939. The molecule has 1 N–H and O–H groups in total. The summed E-state index contributed by atoms with van der Waals surface area (Å²) < 4.78 is 1.83. The molecule has 1 atom stereocenters. The fourth-order valence-corrected chi connectivity index (χ4v) is 3.61. The Balaban J connectivity index is 1.53. The van der Waals surface area contributed by atoms with E-state index in [4.69, 9.17) is 0 Å². The summed E-state index contributed by atoms with van der Waals surface area (Å²) in [5.41, 5.74) is 4.73. The van der Waals surface area contributed by atoms with Crippen LogP contribution < -0.4 is 5.32 Å². The second kappa shape index (κ2) is 8.30. The van der Waals surface area contributed by atoms with Crippen molar-refractivity contribution in [2.75, 3.05) is 0 Å². The SMILES string of the molecule is Cc1ccc(-c2cc(C(=O)NC(C)c3cnccn3)cc(-n3ncnc3C3CC3)c2)nc1. The first kappa shape index (κ1) is 20.0. The molecular formula is C24H23N7O. The highest BCUT2D eigenvalue weighted by molar-refractivity contribution is 5.96. The van der Waals surface area contributed by atoms with Gasteiger partial charge < -0.3 is 5.32 Å². The number of nitrogens with zero attached hydrogens (tertiary/aromatic N) is 6. The van der Waals surface area contributed by atoms with E-state index in [0.29, 0.717) is 17.2 Å². The van der Waals surface area contributed by atoms with Gasteiger partial charge in [-0.2, -0.15) is 5.10 Å². The number of carbonyl (C=O) groups is 1. The number of amides is 1. The minimum atomic E-state index is -0.283. The largest absolute Gasteiger partial charge is 0.344 e. The molecule has 8 nitrogen and oxygen atoms in total. The third-order valence-corrected chi connectivity index (χ3v) is 5.52. The highest BCUT2D eigenvalue weighted by Gasteiger charge is 2.29. The van der Waals surface area contributed by atoms with Gasteiger partial charge in [-0.15, -0.1) is 0 Å². The van der Waals surface area contributed by atoms with Crippen molar-refractivity contribution in [3.63, 3.8) is 0 Å². The van der Waals surface area contributed by atoms with E-state index in [-0.39, 0.29) is 11.9 Å². The lowest BCUT2D eigenvalue weighted by atomic mass is 10.0. The van der Waals surface area contributed by atoms with Crippen molar-refractivity contribution >= 4 is 5.91 Å². The molecular weight excluding hydrogens is 402 g/mol. The molecule has 160 valence electrons. The average Bonchev–Trinajstić information content (AvgIpc) is 3.55. The predicted molar refractivity (Wildman–Crippen MR) is 119 cm³/mol. The zero-order valence-corrected chi connectivity index (χ0v) is 17.9. The molecule has 5 rings (SSSR count). The molecule has 8 heteroatoms. The normalized spacial score (nSPS) is 14.2. The van der Waals surface area contributed by atoms with Crippen molar-refractivity contribution in [3.05, 3.63) is 84.1 Å². The first-order chi connectivity index (χ1) is 15.6. The van der Waals surface area contributed by atoms with Gasteiger partial charge in [0.05, 0.1) is 29.3 Å². The summed E-state index contributed by atoms with van der Waals surface area (Å²) in [6, 6.07) is 9.39. The van der Waals surface area contributed by atoms with E-state index in [9.17, 15) is 4.79 Å². The van der Waals surface area contributed by atoms with E-state index in [0.717, 1.165) is 41.2 Å². The number of benzene rings is 1. The molecule has 3 aromatic heterocycles. The van der Waals surface area contributed by atoms with Gasteiger partial charge in [0.15, 0.2) is 0 Å². The van der Waals surface area contributed by atoms with Gasteiger partial charge in [-0.25, -0.2) is 9.67 Å². The van der Waals surface area contributed by atoms with Crippen LogP contribution in [-0.4, -0.2) is 35.6 Å². The van der Waals surface area contributed by atoms with Crippen molar-refractivity contribution in [2.24, 2.45) is 0 Å². The third kappa shape index (κ3) is 4.12. The van der Waals surface area contributed by atoms with Gasteiger partial charge in [-0.3, -0.25) is 19.7 Å². The molecule has 0 aliphatic heterocycles. The average molecular weight is 425 g/mol. The number of nitrogens with one attached hydrogen (secondary N) is 1. The van der Waals surface area contributed by atoms with Crippen molar-refractivity contribution < 1.29 is 4.79 Å². The number of aromatic nitrogens is 6. The Morgan fingerprint density at radius 3 is 2.69 bits per heavy atom. The molecule has 0 spiro atoms. The number of carbonyl (C=O) groups excluding carboxylic acids is 1. The molecule has 1 fully saturated rings. The second-order valence-electron chi connectivity index (χ2n) is 8.12. The van der Waals surface area contributed by atoms with Crippen LogP contribution in [0.2, 0.25) is 0 Å². The maximum atomic E-state index is 13.2. The molecule has 0 bridgehead atoms. The van der Waals surface area contributed by atoms with Crippen molar-refractivity contribution in [2.45, 2.75) is 38.6 Å². The van der Waals surface area contributed by atoms with Gasteiger partial charge >= 0.3 is 0 Å². The summed E-state index contributed by atoms with van der Waals surface area (Å²) in [4.78, 5) is 30.6. The maximum Gasteiger partial charge on any atom is 0.251 e. The van der Waals surface area contributed by atoms with Crippen LogP contribution >= 0.6 is 0 Å². The number of hydrogen-bond donors (Lipinski definition) is 1. The lowest BCUT2D eigenvalue weighted by Crippen LogP contribution is -2.27. The van der Waals surface area contributed by atoms with Gasteiger partial charge in [0.25, 0.3) is 5.91 Å². The molecule has 3 heterocycles. The van der Waals surface area contributed by atoms with Crippen LogP contribution in [0.15, 0.2) is 61.4 Å². The molecule has 1 aliphatic rings. The number of aryl methyl sites for hydroxylation is 1. The van der Waals surface area contributed by atoms with Crippen LogP contribution in [0.4, 0.5) is 0 Å². The monoisotopic (exact) mass is 425 g/mol. The summed E-state index contributed by atoms with van der Waals surface area (Å²) in [5.74, 6) is 1.15. The lowest BCUT2D eigenvalue weighted by Gasteiger charge is -2.15. The van der Waals surface area contributed by atoms with E-state index >= 15 is 0 Å². The summed E-state index contributed by atoms with van der Waals surface area (Å²) >= 11 is 0. The fraction of sp³-hybridized carbons (Fsp3) is 0.250. The third-order valence-electron chi connectivity index (χ3n) is 5.52. The smallest absolute Gasteiger partial charge is 0.251 e. The first-order valence-corrected chi connectivity index (χ1v) is 10.6. The van der Waals surface area contributed by atoms with Crippen LogP contribution in [0.1, 0.15) is 59.2 Å². The quantitative estimate of drug-likeness (QED) is 0.505. The fourth-order valence-electron chi connectivity index (χ4n) is 3.61. The van der Waals surface area contributed by atoms with Gasteiger partial charge in [0, 0.05) is 35.6 Å². The van der Waals surface area contributed by atoms with E-state index in [1.807, 2.05) is 55.1 Å². The molecule has 32 heavy (non-hydrogen) atoms. The van der Waals surface area contributed by atoms with Gasteiger partial charge in [0.1, 0.15) is 12.2 Å². The van der Waals surface area contributed by atoms with Gasteiger partial charge in [-0.1, -0.05) is 6.07 Å². The number of pyridine rings is 1. The topological polar surface area (TPSA) is 98.5 Å². The Bertz CT molecular complexity index is 1250. The number of rotatable bonds is 6. The summed E-state index contributed by atoms with van der Waals surface area (Å²) in [5, 5.41) is 7.46. The van der Waals surface area contributed by atoms with Crippen LogP contribution in [0.5, 0.6) is 0 Å². The van der Waals surface area contributed by atoms with Crippen molar-refractivity contribution in [1.29, 1.82) is 0 Å². The molecule has 4 aromatic rings. The Labute approximate surface area is 185 Å². The highest BCUT2D eigenvalue weighted by Crippen LogP contribution is 2.39. The van der Waals surface area contributed by atoms with E-state index in [2.05, 4.69) is 30.4 Å². The summed E-state index contributed by atoms with van der Waals surface area (Å²) in [6.07, 6.45) is 10.5. The van der Waals surface area contributed by atoms with Crippen molar-refractivity contribution in [1.82, 2.24) is 35.0 Å². The van der Waals surface area contributed by atoms with E-state index < -0.39 is 0 Å². The molecule has 1 amide bonds. The molecule has 1 unspecified atom stereocenters. The van der Waals surface area contributed by atoms with Gasteiger partial charge in [-0.05, 0) is 56.5 Å². The molecule has 1 aliphatic carbocycles. The maximum absolute atomic E-state index is 13.2. The van der Waals surface area contributed by atoms with E-state index in [1.165, 1.54) is 0 Å². The number of hydrogen-bond acceptors (Lipinski definition) is 6. The summed E-state index contributed by atoms with van der Waals surface area (Å²) in [6.45, 7) is 3.88. The Morgan fingerprint density at radius 1 is 1.09 bits per heavy atom. The predicted octanol–water partition coefficient (Wildman–Crippen LogP) is 3.80. The molecule has 1 aromatic carbocycles. The van der Waals surface area contributed by atoms with Crippen LogP contribution in [0.25, 0.3) is 16.9 Å². The van der Waals surface area contributed by atoms with Gasteiger partial charge in [0.2, 0.25) is 0 Å². The zero-order valence-electron chi connectivity index (χ0n) is 17.9. The minimum Gasteiger partial charge on any atom is -0.344 e. The standard InChI is InChI=1S/C24H23N7O/c1-15-3-6-21(27-12-15)18-9-19(24(32)30-16(2)22-13-25-7-8-26-22)11-20(10-18)31-23(17-4-5-17)28-14-29-31/h3,6-14,16-17H,4-5H2,1-2H3,(H,30,32). The van der Waals surface area contributed by atoms with Crippen LogP contribution in [-0.2, 0) is 0 Å². The minimum absolute atomic E-state index is 0.202. The van der Waals surface area contributed by atoms with Crippen LogP contribution in [0, 0.1) is 6.92 Å². The Morgan fingerprint density at radius 2 is 1.97 bits per heavy atom. The Hall–Kier alpha value is -3.94. The summed E-state index contributed by atoms with van der Waals surface area (Å²) in [7, 11) is 0. The molecule has 0 saturated heterocycles. The molecule has 0 radical (unpaired) electrons. The second-order valence-corrected chi connectivity index (χ2v) is 8.12. The molecule has 1 saturated carbocycles. The van der Waals surface area contributed by atoms with E-state index in [1.54, 1.807) is 24.9 Å².